The summed E-state index contributed by atoms with van der Waals surface area (Å²) in [7, 11) is 0. The Hall–Kier alpha value is -0.710. The van der Waals surface area contributed by atoms with E-state index < -0.39 is 5.82 Å². The predicted molar refractivity (Wildman–Crippen MR) is 50.5 cm³/mol. The van der Waals surface area contributed by atoms with Crippen molar-refractivity contribution in [2.75, 3.05) is 0 Å². The molecule has 2 aromatic rings. The number of halogens is 2. The van der Waals surface area contributed by atoms with Crippen LogP contribution in [0.15, 0.2) is 11.6 Å². The van der Waals surface area contributed by atoms with E-state index in [4.69, 9.17) is 16.7 Å². The molecular formula is C8H5ClFNOS. The van der Waals surface area contributed by atoms with Gasteiger partial charge in [0, 0.05) is 5.56 Å². The van der Waals surface area contributed by atoms with Crippen molar-refractivity contribution in [1.29, 1.82) is 0 Å². The van der Waals surface area contributed by atoms with E-state index in [1.165, 1.54) is 17.4 Å². The van der Waals surface area contributed by atoms with Crippen LogP contribution >= 0.6 is 22.9 Å². The van der Waals surface area contributed by atoms with Crippen LogP contribution in [0.4, 0.5) is 4.39 Å². The van der Waals surface area contributed by atoms with Crippen molar-refractivity contribution in [2.24, 2.45) is 0 Å². The summed E-state index contributed by atoms with van der Waals surface area (Å²) in [4.78, 5) is 3.95. The van der Waals surface area contributed by atoms with Crippen molar-refractivity contribution in [3.05, 3.63) is 28.0 Å². The van der Waals surface area contributed by atoms with Crippen LogP contribution in [0.1, 0.15) is 5.56 Å². The molecule has 13 heavy (non-hydrogen) atoms. The van der Waals surface area contributed by atoms with Crippen LogP contribution in [0, 0.1) is 5.82 Å². The standard InChI is InChI=1S/C8H5ClFNOS/c9-5-1-6(10)4(2-12)7-8(5)13-3-11-7/h1,3,12H,2H2. The lowest BCUT2D eigenvalue weighted by molar-refractivity contribution is 0.277. The van der Waals surface area contributed by atoms with Crippen LogP contribution in [0.3, 0.4) is 0 Å². The van der Waals surface area contributed by atoms with Gasteiger partial charge < -0.3 is 5.11 Å². The van der Waals surface area contributed by atoms with Gasteiger partial charge in [-0.25, -0.2) is 9.37 Å². The lowest BCUT2D eigenvalue weighted by Gasteiger charge is -2.01. The molecule has 0 atom stereocenters. The van der Waals surface area contributed by atoms with Gasteiger partial charge >= 0.3 is 0 Å². The summed E-state index contributed by atoms with van der Waals surface area (Å²) in [6.07, 6.45) is 0. The molecule has 5 heteroatoms. The highest BCUT2D eigenvalue weighted by atomic mass is 35.5. The summed E-state index contributed by atoms with van der Waals surface area (Å²) < 4.78 is 13.9. The Balaban J connectivity index is 2.88. The first kappa shape index (κ1) is 8.87. The summed E-state index contributed by atoms with van der Waals surface area (Å²) in [5, 5.41) is 9.25. The zero-order valence-corrected chi connectivity index (χ0v) is 7.99. The molecule has 0 amide bonds. The van der Waals surface area contributed by atoms with Crippen LogP contribution in [0.25, 0.3) is 10.2 Å². The van der Waals surface area contributed by atoms with E-state index in [9.17, 15) is 4.39 Å². The molecule has 0 aliphatic carbocycles. The maximum atomic E-state index is 13.2. The second-order valence-electron chi connectivity index (χ2n) is 2.51. The maximum Gasteiger partial charge on any atom is 0.132 e. The number of aliphatic hydroxyl groups excluding tert-OH is 1. The lowest BCUT2D eigenvalue weighted by atomic mass is 10.2. The molecule has 0 aliphatic heterocycles. The van der Waals surface area contributed by atoms with Gasteiger partial charge in [-0.15, -0.1) is 11.3 Å². The van der Waals surface area contributed by atoms with Crippen molar-refractivity contribution in [1.82, 2.24) is 4.98 Å². The largest absolute Gasteiger partial charge is 0.391 e. The quantitative estimate of drug-likeness (QED) is 0.797. The molecule has 2 rings (SSSR count). The van der Waals surface area contributed by atoms with Gasteiger partial charge in [-0.05, 0) is 6.07 Å². The van der Waals surface area contributed by atoms with Crippen molar-refractivity contribution >= 4 is 33.2 Å². The number of thiazole rings is 1. The van der Waals surface area contributed by atoms with Gasteiger partial charge in [-0.2, -0.15) is 0 Å². The first-order chi connectivity index (χ1) is 6.24. The van der Waals surface area contributed by atoms with Crippen molar-refractivity contribution in [3.63, 3.8) is 0 Å². The first-order valence-electron chi connectivity index (χ1n) is 3.55. The van der Waals surface area contributed by atoms with E-state index in [0.29, 0.717) is 15.2 Å². The normalized spacial score (nSPS) is 11.0. The molecule has 1 aromatic carbocycles. The van der Waals surface area contributed by atoms with Gasteiger partial charge in [-0.1, -0.05) is 11.6 Å². The molecule has 1 N–H and O–H groups in total. The highest BCUT2D eigenvalue weighted by Gasteiger charge is 2.12. The molecular weight excluding hydrogens is 213 g/mol. The number of aliphatic hydroxyl groups is 1. The number of hydrogen-bond donors (Lipinski definition) is 1. The third kappa shape index (κ3) is 1.31. The van der Waals surface area contributed by atoms with Gasteiger partial charge in [0.1, 0.15) is 5.82 Å². The number of nitrogens with zero attached hydrogens (tertiary/aromatic N) is 1. The molecule has 0 saturated heterocycles. The molecule has 2 nitrogen and oxygen atoms in total. The second kappa shape index (κ2) is 3.21. The average molecular weight is 218 g/mol. The monoisotopic (exact) mass is 217 g/mol. The van der Waals surface area contributed by atoms with Gasteiger partial charge in [-0.3, -0.25) is 0 Å². The lowest BCUT2D eigenvalue weighted by Crippen LogP contribution is -1.91. The van der Waals surface area contributed by atoms with Crippen molar-refractivity contribution in [3.8, 4) is 0 Å². The Kier molecular flexibility index (Phi) is 2.19. The molecule has 0 spiro atoms. The van der Waals surface area contributed by atoms with E-state index >= 15 is 0 Å². The maximum absolute atomic E-state index is 13.2. The minimum atomic E-state index is -0.508. The summed E-state index contributed by atoms with van der Waals surface area (Å²) >= 11 is 7.11. The molecule has 0 aliphatic rings. The highest BCUT2D eigenvalue weighted by Crippen LogP contribution is 2.31. The molecule has 1 aromatic heterocycles. The number of fused-ring (bicyclic) bond motifs is 1. The van der Waals surface area contributed by atoms with Gasteiger partial charge in [0.15, 0.2) is 0 Å². The Morgan fingerprint density at radius 3 is 3.08 bits per heavy atom. The molecule has 0 unspecified atom stereocenters. The van der Waals surface area contributed by atoms with Crippen LogP contribution in [-0.4, -0.2) is 10.1 Å². The van der Waals surface area contributed by atoms with Gasteiger partial charge in [0.05, 0.1) is 27.4 Å². The minimum absolute atomic E-state index is 0.209. The second-order valence-corrected chi connectivity index (χ2v) is 3.77. The number of rotatable bonds is 1. The third-order valence-corrected chi connectivity index (χ3v) is 3.04. The van der Waals surface area contributed by atoms with E-state index in [2.05, 4.69) is 4.98 Å². The van der Waals surface area contributed by atoms with Crippen molar-refractivity contribution in [2.45, 2.75) is 6.61 Å². The molecule has 0 fully saturated rings. The van der Waals surface area contributed by atoms with Crippen LogP contribution in [-0.2, 0) is 6.61 Å². The topological polar surface area (TPSA) is 33.1 Å². The third-order valence-electron chi connectivity index (χ3n) is 1.77. The van der Waals surface area contributed by atoms with E-state index in [-0.39, 0.29) is 12.2 Å². The number of hydrogen-bond acceptors (Lipinski definition) is 3. The Morgan fingerprint density at radius 1 is 1.62 bits per heavy atom. The molecule has 68 valence electrons. The van der Waals surface area contributed by atoms with E-state index in [1.807, 2.05) is 0 Å². The fourth-order valence-corrected chi connectivity index (χ4v) is 2.20. The Morgan fingerprint density at radius 2 is 2.38 bits per heavy atom. The smallest absolute Gasteiger partial charge is 0.132 e. The zero-order valence-electron chi connectivity index (χ0n) is 6.42. The fourth-order valence-electron chi connectivity index (χ4n) is 1.16. The molecule has 0 bridgehead atoms. The van der Waals surface area contributed by atoms with Gasteiger partial charge in [0.25, 0.3) is 0 Å². The Bertz CT molecular complexity index is 457. The summed E-state index contributed by atoms with van der Waals surface area (Å²) in [5.41, 5.74) is 2.24. The Labute approximate surface area is 82.6 Å². The summed E-state index contributed by atoms with van der Waals surface area (Å²) in [5.74, 6) is -0.508. The predicted octanol–water partition coefficient (Wildman–Crippen LogP) is 2.58. The van der Waals surface area contributed by atoms with Crippen LogP contribution in [0.5, 0.6) is 0 Å². The molecule has 0 radical (unpaired) electrons. The zero-order chi connectivity index (χ0) is 9.42. The highest BCUT2D eigenvalue weighted by molar-refractivity contribution is 7.17. The van der Waals surface area contributed by atoms with Crippen molar-refractivity contribution < 1.29 is 9.50 Å². The number of aromatic nitrogens is 1. The van der Waals surface area contributed by atoms with Gasteiger partial charge in [0.2, 0.25) is 0 Å². The minimum Gasteiger partial charge on any atom is -0.391 e. The first-order valence-corrected chi connectivity index (χ1v) is 4.80. The average Bonchev–Trinajstić information content (AvgIpc) is 2.53. The van der Waals surface area contributed by atoms with Crippen LogP contribution < -0.4 is 0 Å². The molecule has 0 saturated carbocycles. The SMILES string of the molecule is OCc1c(F)cc(Cl)c2scnc12. The summed E-state index contributed by atoms with van der Waals surface area (Å²) in [6.45, 7) is -0.358. The van der Waals surface area contributed by atoms with E-state index in [1.54, 1.807) is 5.51 Å². The number of benzene rings is 1. The van der Waals surface area contributed by atoms with E-state index in [0.717, 1.165) is 0 Å². The summed E-state index contributed by atoms with van der Waals surface area (Å²) in [6, 6.07) is 1.20. The molecule has 1 heterocycles. The van der Waals surface area contributed by atoms with Crippen LogP contribution in [0.2, 0.25) is 5.02 Å². The fraction of sp³-hybridized carbons (Fsp3) is 0.125.